The zero-order valence-corrected chi connectivity index (χ0v) is 15.2. The van der Waals surface area contributed by atoms with Crippen LogP contribution < -0.4 is 5.32 Å². The summed E-state index contributed by atoms with van der Waals surface area (Å²) in [4.78, 5) is 26.0. The van der Waals surface area contributed by atoms with Crippen molar-refractivity contribution in [3.05, 3.63) is 53.6 Å². The quantitative estimate of drug-likeness (QED) is 0.599. The maximum atomic E-state index is 12.3. The summed E-state index contributed by atoms with van der Waals surface area (Å²) in [5.74, 6) is -2.28. The maximum absolute atomic E-state index is 12.3. The second kappa shape index (κ2) is 8.51. The van der Waals surface area contributed by atoms with E-state index in [1.165, 1.54) is 0 Å². The summed E-state index contributed by atoms with van der Waals surface area (Å²) >= 11 is 0. The molecule has 1 saturated heterocycles. The number of carbonyl (C=O) groups excluding carboxylic acids is 2. The molecule has 0 radical (unpaired) electrons. The van der Waals surface area contributed by atoms with Gasteiger partial charge in [0.2, 0.25) is 0 Å². The number of carbonyl (C=O) groups is 2. The molecule has 3 rings (SSSR count). The van der Waals surface area contributed by atoms with E-state index in [0.29, 0.717) is 25.9 Å². The Labute approximate surface area is 162 Å². The van der Waals surface area contributed by atoms with E-state index in [1.54, 1.807) is 4.90 Å². The number of phenolic OH excluding ortho intramolecular Hbond substituents is 3. The average molecular weight is 386 g/mol. The molecule has 0 aliphatic carbocycles. The second-order valence-corrected chi connectivity index (χ2v) is 6.64. The van der Waals surface area contributed by atoms with Crippen molar-refractivity contribution in [2.45, 2.75) is 25.5 Å². The highest BCUT2D eigenvalue weighted by Gasteiger charge is 2.25. The topological polar surface area (TPSA) is 119 Å². The Bertz CT molecular complexity index is 824. The van der Waals surface area contributed by atoms with Crippen LogP contribution in [-0.2, 0) is 11.3 Å². The van der Waals surface area contributed by atoms with Crippen LogP contribution in [0.4, 0.5) is 4.79 Å². The van der Waals surface area contributed by atoms with Crippen LogP contribution in [0, 0.1) is 0 Å². The number of rotatable bonds is 4. The summed E-state index contributed by atoms with van der Waals surface area (Å²) in [6, 6.07) is 11.4. The van der Waals surface area contributed by atoms with Gasteiger partial charge in [0.05, 0.1) is 0 Å². The van der Waals surface area contributed by atoms with E-state index in [-0.39, 0.29) is 24.3 Å². The van der Waals surface area contributed by atoms with Crippen LogP contribution in [0.5, 0.6) is 17.2 Å². The Morgan fingerprint density at radius 3 is 2.25 bits per heavy atom. The molecule has 0 saturated carbocycles. The molecule has 28 heavy (non-hydrogen) atoms. The number of hydrogen-bond donors (Lipinski definition) is 4. The molecule has 8 nitrogen and oxygen atoms in total. The molecular formula is C20H22N2O6. The minimum absolute atomic E-state index is 0.0394. The maximum Gasteiger partial charge on any atom is 0.410 e. The van der Waals surface area contributed by atoms with Crippen LogP contribution in [0.2, 0.25) is 0 Å². The van der Waals surface area contributed by atoms with E-state index in [4.69, 9.17) is 4.74 Å². The van der Waals surface area contributed by atoms with Crippen molar-refractivity contribution in [1.82, 2.24) is 10.2 Å². The number of amides is 2. The lowest BCUT2D eigenvalue weighted by atomic mass is 10.0. The van der Waals surface area contributed by atoms with Gasteiger partial charge < -0.3 is 30.3 Å². The monoisotopic (exact) mass is 386 g/mol. The van der Waals surface area contributed by atoms with Gasteiger partial charge in [-0.25, -0.2) is 4.79 Å². The van der Waals surface area contributed by atoms with Gasteiger partial charge in [-0.1, -0.05) is 30.3 Å². The Morgan fingerprint density at radius 2 is 1.64 bits per heavy atom. The highest BCUT2D eigenvalue weighted by Crippen LogP contribution is 2.35. The number of phenols is 3. The molecule has 0 bridgehead atoms. The lowest BCUT2D eigenvalue weighted by molar-refractivity contribution is 0.0809. The van der Waals surface area contributed by atoms with Gasteiger partial charge in [0.25, 0.3) is 5.91 Å². The van der Waals surface area contributed by atoms with Gasteiger partial charge in [0.15, 0.2) is 17.2 Å². The van der Waals surface area contributed by atoms with Crippen LogP contribution in [0.3, 0.4) is 0 Å². The Morgan fingerprint density at radius 1 is 1.04 bits per heavy atom. The number of hydrogen-bond acceptors (Lipinski definition) is 6. The minimum atomic E-state index is -0.668. The molecule has 2 aromatic carbocycles. The lowest BCUT2D eigenvalue weighted by Gasteiger charge is -2.31. The zero-order chi connectivity index (χ0) is 20.1. The summed E-state index contributed by atoms with van der Waals surface area (Å²) in [7, 11) is 0. The van der Waals surface area contributed by atoms with Crippen molar-refractivity contribution >= 4 is 12.0 Å². The van der Waals surface area contributed by atoms with E-state index >= 15 is 0 Å². The summed E-state index contributed by atoms with van der Waals surface area (Å²) in [6.45, 7) is 1.11. The number of benzene rings is 2. The van der Waals surface area contributed by atoms with Crippen molar-refractivity contribution in [1.29, 1.82) is 0 Å². The molecule has 4 N–H and O–H groups in total. The fraction of sp³-hybridized carbons (Fsp3) is 0.300. The van der Waals surface area contributed by atoms with Gasteiger partial charge in [0, 0.05) is 24.7 Å². The number of nitrogens with one attached hydrogen (secondary N) is 1. The van der Waals surface area contributed by atoms with Crippen LogP contribution in [0.1, 0.15) is 28.8 Å². The summed E-state index contributed by atoms with van der Waals surface area (Å²) in [6.07, 6.45) is 0.728. The second-order valence-electron chi connectivity index (χ2n) is 6.64. The predicted octanol–water partition coefficient (Wildman–Crippen LogP) is 2.33. The van der Waals surface area contributed by atoms with E-state index in [2.05, 4.69) is 5.32 Å². The zero-order valence-electron chi connectivity index (χ0n) is 15.2. The van der Waals surface area contributed by atoms with Crippen LogP contribution >= 0.6 is 0 Å². The molecule has 1 aliphatic rings. The van der Waals surface area contributed by atoms with Crippen molar-refractivity contribution in [3.8, 4) is 17.2 Å². The van der Waals surface area contributed by atoms with E-state index in [9.17, 15) is 24.9 Å². The number of aromatic hydroxyl groups is 3. The van der Waals surface area contributed by atoms with Gasteiger partial charge in [-0.2, -0.15) is 0 Å². The first kappa shape index (κ1) is 19.3. The molecule has 8 heteroatoms. The Kier molecular flexibility index (Phi) is 5.88. The Balaban J connectivity index is 1.47. The van der Waals surface area contributed by atoms with Crippen molar-refractivity contribution in [2.24, 2.45) is 0 Å². The first-order valence-corrected chi connectivity index (χ1v) is 8.95. The molecule has 0 aromatic heterocycles. The first-order valence-electron chi connectivity index (χ1n) is 8.95. The van der Waals surface area contributed by atoms with Crippen LogP contribution in [-0.4, -0.2) is 51.4 Å². The van der Waals surface area contributed by atoms with Crippen LogP contribution in [0.25, 0.3) is 0 Å². The molecular weight excluding hydrogens is 364 g/mol. The van der Waals surface area contributed by atoms with Crippen molar-refractivity contribution < 1.29 is 29.6 Å². The van der Waals surface area contributed by atoms with Gasteiger partial charge in [0.1, 0.15) is 6.61 Å². The van der Waals surface area contributed by atoms with Gasteiger partial charge in [-0.15, -0.1) is 0 Å². The SMILES string of the molecule is O=C(NC1CCN(C(=O)OCc2ccccc2)CC1)c1cc(O)c(O)c(O)c1. The lowest BCUT2D eigenvalue weighted by Crippen LogP contribution is -2.46. The van der Waals surface area contributed by atoms with Gasteiger partial charge >= 0.3 is 6.09 Å². The molecule has 0 spiro atoms. The fourth-order valence-corrected chi connectivity index (χ4v) is 3.02. The van der Waals surface area contributed by atoms with E-state index < -0.39 is 23.2 Å². The minimum Gasteiger partial charge on any atom is -0.504 e. The molecule has 2 amide bonds. The molecule has 0 unspecified atom stereocenters. The first-order chi connectivity index (χ1) is 13.4. The van der Waals surface area contributed by atoms with Crippen LogP contribution in [0.15, 0.2) is 42.5 Å². The summed E-state index contributed by atoms with van der Waals surface area (Å²) < 4.78 is 5.31. The highest BCUT2D eigenvalue weighted by atomic mass is 16.6. The fourth-order valence-electron chi connectivity index (χ4n) is 3.02. The van der Waals surface area contributed by atoms with Gasteiger partial charge in [-0.3, -0.25) is 4.79 Å². The average Bonchev–Trinajstić information content (AvgIpc) is 2.71. The molecule has 0 atom stereocenters. The predicted molar refractivity (Wildman–Crippen MR) is 100 cm³/mol. The Hall–Kier alpha value is -3.42. The largest absolute Gasteiger partial charge is 0.504 e. The number of likely N-dealkylation sites (tertiary alicyclic amines) is 1. The number of nitrogens with zero attached hydrogens (tertiary/aromatic N) is 1. The van der Waals surface area contributed by atoms with Crippen molar-refractivity contribution in [2.75, 3.05) is 13.1 Å². The normalized spacial score (nSPS) is 14.5. The summed E-state index contributed by atoms with van der Waals surface area (Å²) in [5, 5.41) is 31.2. The smallest absolute Gasteiger partial charge is 0.410 e. The molecule has 1 heterocycles. The highest BCUT2D eigenvalue weighted by molar-refractivity contribution is 5.95. The molecule has 148 valence electrons. The molecule has 1 fully saturated rings. The van der Waals surface area contributed by atoms with Crippen molar-refractivity contribution in [3.63, 3.8) is 0 Å². The third-order valence-corrected chi connectivity index (χ3v) is 4.63. The van der Waals surface area contributed by atoms with E-state index in [0.717, 1.165) is 17.7 Å². The number of piperidine rings is 1. The standard InChI is InChI=1S/C20H22N2O6/c23-16-10-14(11-17(24)18(16)25)19(26)21-15-6-8-22(9-7-15)20(27)28-12-13-4-2-1-3-5-13/h1-5,10-11,15,23-25H,6-9,12H2,(H,21,26). The molecule has 1 aliphatic heterocycles. The number of ether oxygens (including phenoxy) is 1. The summed E-state index contributed by atoms with van der Waals surface area (Å²) in [5.41, 5.74) is 0.955. The molecule has 2 aromatic rings. The van der Waals surface area contributed by atoms with E-state index in [1.807, 2.05) is 30.3 Å². The van der Waals surface area contributed by atoms with Gasteiger partial charge in [-0.05, 0) is 30.5 Å². The third kappa shape index (κ3) is 4.64. The third-order valence-electron chi connectivity index (χ3n) is 4.63.